The zero-order valence-corrected chi connectivity index (χ0v) is 16.6. The Labute approximate surface area is 171 Å². The van der Waals surface area contributed by atoms with Crippen LogP contribution in [0.25, 0.3) is 23.1 Å². The summed E-state index contributed by atoms with van der Waals surface area (Å²) < 4.78 is 12.7. The van der Waals surface area contributed by atoms with Gasteiger partial charge in [0, 0.05) is 30.5 Å². The summed E-state index contributed by atoms with van der Waals surface area (Å²) in [6.07, 6.45) is 5.95. The molecular weight excluding hydrogens is 374 g/mol. The first kappa shape index (κ1) is 21.2. The number of benzene rings is 2. The predicted octanol–water partition coefficient (Wildman–Crippen LogP) is 1.42. The Bertz CT molecular complexity index is 1030. The van der Waals surface area contributed by atoms with Gasteiger partial charge in [-0.1, -0.05) is 24.8 Å². The maximum atomic E-state index is 11.2. The van der Waals surface area contributed by atoms with Crippen LogP contribution in [0.15, 0.2) is 67.3 Å². The molecule has 3 aromatic rings. The summed E-state index contributed by atoms with van der Waals surface area (Å²) >= 11 is 0. The standard InChI is InChI=1S/C23H22NO3.ClH/c1-4-15-24-20(13-11-19-7-5-6-8-21(19)24)12-9-18-10-14-22(27-17(2)25)23(16-18)26-3;/h4-14,16H,1,15H2,2-3H3;1H/q+1;/p-1/b12-9+;. The quantitative estimate of drug-likeness (QED) is 0.274. The van der Waals surface area contributed by atoms with E-state index in [1.165, 1.54) is 12.3 Å². The lowest BCUT2D eigenvalue weighted by molar-refractivity contribution is -0.662. The molecule has 144 valence electrons. The Morgan fingerprint density at radius 3 is 2.57 bits per heavy atom. The van der Waals surface area contributed by atoms with Gasteiger partial charge in [0.25, 0.3) is 0 Å². The molecule has 28 heavy (non-hydrogen) atoms. The van der Waals surface area contributed by atoms with Gasteiger partial charge in [-0.25, -0.2) is 0 Å². The summed E-state index contributed by atoms with van der Waals surface area (Å²) in [6.45, 7) is 5.96. The van der Waals surface area contributed by atoms with E-state index in [2.05, 4.69) is 41.5 Å². The number of para-hydroxylation sites is 1. The number of allylic oxidation sites excluding steroid dienone is 1. The topological polar surface area (TPSA) is 39.4 Å². The molecule has 0 amide bonds. The number of nitrogens with zero attached hydrogens (tertiary/aromatic N) is 1. The summed E-state index contributed by atoms with van der Waals surface area (Å²) in [5.41, 5.74) is 3.17. The number of pyridine rings is 1. The molecule has 0 aliphatic carbocycles. The van der Waals surface area contributed by atoms with Gasteiger partial charge in [-0.05, 0) is 42.0 Å². The van der Waals surface area contributed by atoms with Crippen molar-refractivity contribution in [2.45, 2.75) is 13.5 Å². The highest BCUT2D eigenvalue weighted by Gasteiger charge is 2.12. The number of aromatic nitrogens is 1. The van der Waals surface area contributed by atoms with Crippen molar-refractivity contribution in [2.24, 2.45) is 0 Å². The van der Waals surface area contributed by atoms with Crippen LogP contribution in [0.5, 0.6) is 11.5 Å². The highest BCUT2D eigenvalue weighted by atomic mass is 35.5. The van der Waals surface area contributed by atoms with Crippen LogP contribution in [0.1, 0.15) is 18.2 Å². The first-order valence-corrected chi connectivity index (χ1v) is 8.69. The molecule has 0 aliphatic rings. The molecule has 0 radical (unpaired) electrons. The van der Waals surface area contributed by atoms with Crippen molar-refractivity contribution in [1.82, 2.24) is 0 Å². The lowest BCUT2D eigenvalue weighted by Gasteiger charge is -2.08. The monoisotopic (exact) mass is 395 g/mol. The molecule has 0 unspecified atom stereocenters. The molecule has 1 heterocycles. The molecule has 4 nitrogen and oxygen atoms in total. The number of fused-ring (bicyclic) bond motifs is 1. The number of hydrogen-bond acceptors (Lipinski definition) is 3. The Balaban J connectivity index is 0.00000280. The minimum absolute atomic E-state index is 0. The Morgan fingerprint density at radius 2 is 1.86 bits per heavy atom. The van der Waals surface area contributed by atoms with Crippen LogP contribution in [-0.4, -0.2) is 13.1 Å². The van der Waals surface area contributed by atoms with E-state index in [0.29, 0.717) is 11.5 Å². The molecule has 0 atom stereocenters. The van der Waals surface area contributed by atoms with E-state index in [1.54, 1.807) is 13.2 Å². The van der Waals surface area contributed by atoms with Gasteiger partial charge >= 0.3 is 5.97 Å². The lowest BCUT2D eigenvalue weighted by atomic mass is 10.1. The summed E-state index contributed by atoms with van der Waals surface area (Å²) in [5, 5.41) is 1.18. The summed E-state index contributed by atoms with van der Waals surface area (Å²) in [5.74, 6) is 0.553. The Kier molecular flexibility index (Phi) is 7.36. The average Bonchev–Trinajstić information content (AvgIpc) is 2.68. The molecule has 0 saturated heterocycles. The first-order chi connectivity index (χ1) is 13.1. The van der Waals surface area contributed by atoms with Crippen LogP contribution >= 0.6 is 0 Å². The molecule has 2 aromatic carbocycles. The summed E-state index contributed by atoms with van der Waals surface area (Å²) in [6, 6.07) is 17.9. The van der Waals surface area contributed by atoms with E-state index in [0.717, 1.165) is 23.3 Å². The van der Waals surface area contributed by atoms with Gasteiger partial charge in [0.15, 0.2) is 18.0 Å². The number of esters is 1. The van der Waals surface area contributed by atoms with Gasteiger partial charge < -0.3 is 21.9 Å². The van der Waals surface area contributed by atoms with Gasteiger partial charge in [-0.15, -0.1) is 0 Å². The van der Waals surface area contributed by atoms with E-state index in [9.17, 15) is 4.79 Å². The van der Waals surface area contributed by atoms with Crippen LogP contribution in [0, 0.1) is 0 Å². The zero-order chi connectivity index (χ0) is 19.2. The van der Waals surface area contributed by atoms with Crippen molar-refractivity contribution in [3.8, 4) is 11.5 Å². The molecule has 0 bridgehead atoms. The molecular formula is C23H22ClNO3. The van der Waals surface area contributed by atoms with E-state index in [-0.39, 0.29) is 18.4 Å². The first-order valence-electron chi connectivity index (χ1n) is 8.69. The highest BCUT2D eigenvalue weighted by Crippen LogP contribution is 2.29. The van der Waals surface area contributed by atoms with Gasteiger partial charge in [-0.3, -0.25) is 4.79 Å². The van der Waals surface area contributed by atoms with Crippen molar-refractivity contribution in [3.63, 3.8) is 0 Å². The largest absolute Gasteiger partial charge is 1.00 e. The second-order valence-corrected chi connectivity index (χ2v) is 6.05. The molecule has 0 fully saturated rings. The molecule has 0 N–H and O–H groups in total. The van der Waals surface area contributed by atoms with Crippen molar-refractivity contribution in [3.05, 3.63) is 78.5 Å². The molecule has 0 aliphatic heterocycles. The number of carbonyl (C=O) groups excluding carboxylic acids is 1. The number of methoxy groups -OCH3 is 1. The zero-order valence-electron chi connectivity index (χ0n) is 15.9. The van der Waals surface area contributed by atoms with Crippen molar-refractivity contribution >= 4 is 29.0 Å². The second kappa shape index (κ2) is 9.72. The molecule has 3 rings (SSSR count). The maximum Gasteiger partial charge on any atom is 0.308 e. The SMILES string of the molecule is C=CC[n+]1c(/C=C/c2ccc(OC(C)=O)c(OC)c2)ccc2ccccc21.[Cl-]. The highest BCUT2D eigenvalue weighted by molar-refractivity contribution is 5.77. The smallest absolute Gasteiger partial charge is 0.308 e. The van der Waals surface area contributed by atoms with Crippen LogP contribution in [-0.2, 0) is 11.3 Å². The van der Waals surface area contributed by atoms with Gasteiger partial charge in [0.1, 0.15) is 0 Å². The number of ether oxygens (including phenoxy) is 2. The predicted molar refractivity (Wildman–Crippen MR) is 108 cm³/mol. The summed E-state index contributed by atoms with van der Waals surface area (Å²) in [4.78, 5) is 11.2. The average molecular weight is 396 g/mol. The van der Waals surface area contributed by atoms with E-state index >= 15 is 0 Å². The number of rotatable bonds is 6. The third kappa shape index (κ3) is 4.78. The van der Waals surface area contributed by atoms with E-state index in [1.807, 2.05) is 36.4 Å². The number of halogens is 1. The minimum atomic E-state index is -0.377. The van der Waals surface area contributed by atoms with Crippen molar-refractivity contribution < 1.29 is 31.2 Å². The van der Waals surface area contributed by atoms with Crippen LogP contribution < -0.4 is 26.4 Å². The van der Waals surface area contributed by atoms with Gasteiger partial charge in [0.05, 0.1) is 7.11 Å². The fraction of sp³-hybridized carbons (Fsp3) is 0.130. The third-order valence-electron chi connectivity index (χ3n) is 4.17. The fourth-order valence-corrected chi connectivity index (χ4v) is 2.97. The number of hydrogen-bond donors (Lipinski definition) is 0. The second-order valence-electron chi connectivity index (χ2n) is 6.05. The fourth-order valence-electron chi connectivity index (χ4n) is 2.97. The van der Waals surface area contributed by atoms with E-state index < -0.39 is 0 Å². The molecule has 0 spiro atoms. The van der Waals surface area contributed by atoms with Gasteiger partial charge in [0.2, 0.25) is 11.2 Å². The molecule has 5 heteroatoms. The van der Waals surface area contributed by atoms with Gasteiger partial charge in [-0.2, -0.15) is 4.57 Å². The lowest BCUT2D eigenvalue weighted by Crippen LogP contribution is -3.00. The van der Waals surface area contributed by atoms with Crippen molar-refractivity contribution in [1.29, 1.82) is 0 Å². The van der Waals surface area contributed by atoms with Crippen LogP contribution in [0.2, 0.25) is 0 Å². The Hall–Kier alpha value is -3.11. The maximum absolute atomic E-state index is 11.2. The molecule has 0 saturated carbocycles. The van der Waals surface area contributed by atoms with Crippen LogP contribution in [0.3, 0.4) is 0 Å². The Morgan fingerprint density at radius 1 is 1.07 bits per heavy atom. The number of carbonyl (C=O) groups is 1. The van der Waals surface area contributed by atoms with E-state index in [4.69, 9.17) is 9.47 Å². The molecule has 1 aromatic heterocycles. The van der Waals surface area contributed by atoms with Crippen LogP contribution in [0.4, 0.5) is 0 Å². The third-order valence-corrected chi connectivity index (χ3v) is 4.17. The minimum Gasteiger partial charge on any atom is -1.00 e. The summed E-state index contributed by atoms with van der Waals surface area (Å²) in [7, 11) is 1.55. The normalized spacial score (nSPS) is 10.5. The van der Waals surface area contributed by atoms with Crippen molar-refractivity contribution in [2.75, 3.05) is 7.11 Å².